The molecule has 0 unspecified atom stereocenters. The molecule has 1 aromatic carbocycles. The second-order valence-corrected chi connectivity index (χ2v) is 5.75. The van der Waals surface area contributed by atoms with Crippen molar-refractivity contribution in [2.24, 2.45) is 0 Å². The maximum atomic E-state index is 11.1. The molecule has 0 saturated heterocycles. The molecule has 1 heterocycles. The van der Waals surface area contributed by atoms with Crippen LogP contribution >= 0.6 is 0 Å². The maximum Gasteiger partial charge on any atom is 0.160 e. The Bertz CT molecular complexity index is 566. The van der Waals surface area contributed by atoms with E-state index < -0.39 is 5.60 Å². The molecule has 3 heteroatoms. The fraction of sp³-hybridized carbons (Fsp3) is 0.438. The molecule has 1 aliphatic heterocycles. The van der Waals surface area contributed by atoms with Crippen molar-refractivity contribution in [3.8, 4) is 5.75 Å². The number of benzene rings is 1. The summed E-state index contributed by atoms with van der Waals surface area (Å²) in [6.45, 7) is 3.99. The monoisotopic (exact) mass is 258 g/mol. The minimum atomic E-state index is -0.464. The molecule has 3 rings (SSSR count). The van der Waals surface area contributed by atoms with Gasteiger partial charge in [-0.1, -0.05) is 0 Å². The third-order valence-corrected chi connectivity index (χ3v) is 3.78. The highest BCUT2D eigenvalue weighted by molar-refractivity contribution is 5.80. The Kier molecular flexibility index (Phi) is 2.66. The number of methoxy groups -OCH3 is 1. The number of carbonyl (C=O) groups excluding carboxylic acids is 1. The van der Waals surface area contributed by atoms with Gasteiger partial charge in [0.05, 0.1) is 7.11 Å². The number of aldehydes is 1. The van der Waals surface area contributed by atoms with Gasteiger partial charge in [-0.3, -0.25) is 4.79 Å². The lowest BCUT2D eigenvalue weighted by atomic mass is 9.94. The lowest BCUT2D eigenvalue weighted by Gasteiger charge is -2.34. The van der Waals surface area contributed by atoms with E-state index in [1.807, 2.05) is 32.1 Å². The fourth-order valence-corrected chi connectivity index (χ4v) is 2.61. The number of carbonyl (C=O) groups is 1. The molecular weight excluding hydrogens is 240 g/mol. The first-order chi connectivity index (χ1) is 9.05. The van der Waals surface area contributed by atoms with Crippen LogP contribution in [0.25, 0.3) is 6.08 Å². The van der Waals surface area contributed by atoms with Crippen molar-refractivity contribution >= 4 is 12.4 Å². The summed E-state index contributed by atoms with van der Waals surface area (Å²) in [5.41, 5.74) is 2.35. The summed E-state index contributed by atoms with van der Waals surface area (Å²) >= 11 is 0. The lowest BCUT2D eigenvalue weighted by molar-refractivity contribution is 0.0746. The van der Waals surface area contributed by atoms with Crippen molar-refractivity contribution in [2.45, 2.75) is 38.2 Å². The quantitative estimate of drug-likeness (QED) is 0.778. The molecule has 0 aromatic heterocycles. The van der Waals surface area contributed by atoms with Crippen molar-refractivity contribution in [1.29, 1.82) is 0 Å². The average molecular weight is 258 g/mol. The van der Waals surface area contributed by atoms with E-state index in [0.717, 1.165) is 23.4 Å². The van der Waals surface area contributed by atoms with Crippen LogP contribution in [-0.2, 0) is 4.74 Å². The highest BCUT2D eigenvalue weighted by Gasteiger charge is 2.36. The molecule has 19 heavy (non-hydrogen) atoms. The van der Waals surface area contributed by atoms with E-state index in [1.54, 1.807) is 7.11 Å². The van der Waals surface area contributed by atoms with Gasteiger partial charge in [0.15, 0.2) is 5.60 Å². The van der Waals surface area contributed by atoms with Crippen LogP contribution in [0.3, 0.4) is 0 Å². The number of hydrogen-bond donors (Lipinski definition) is 0. The summed E-state index contributed by atoms with van der Waals surface area (Å²) in [5.74, 6) is 2.24. The van der Waals surface area contributed by atoms with Crippen molar-refractivity contribution in [2.75, 3.05) is 7.11 Å². The molecule has 0 bridgehead atoms. The van der Waals surface area contributed by atoms with Gasteiger partial charge in [-0.05, 0) is 56.4 Å². The van der Waals surface area contributed by atoms with Crippen LogP contribution in [-0.4, -0.2) is 19.0 Å². The van der Waals surface area contributed by atoms with Crippen LogP contribution in [0, 0.1) is 0 Å². The van der Waals surface area contributed by atoms with Gasteiger partial charge in [0.25, 0.3) is 0 Å². The van der Waals surface area contributed by atoms with E-state index in [-0.39, 0.29) is 0 Å². The first-order valence-corrected chi connectivity index (χ1v) is 6.63. The molecule has 1 fully saturated rings. The molecule has 2 aliphatic rings. The summed E-state index contributed by atoms with van der Waals surface area (Å²) < 4.78 is 11.5. The number of ether oxygens (including phenoxy) is 2. The maximum absolute atomic E-state index is 11.1. The minimum absolute atomic E-state index is 0.464. The molecule has 0 spiro atoms. The number of rotatable bonds is 3. The second kappa shape index (κ2) is 4.12. The Hall–Kier alpha value is -1.77. The molecule has 0 amide bonds. The van der Waals surface area contributed by atoms with Gasteiger partial charge in [0, 0.05) is 11.1 Å². The van der Waals surface area contributed by atoms with Crippen molar-refractivity contribution in [3.63, 3.8) is 0 Å². The SMILES string of the molecule is COC1=Cc2cc(C=O)cc(C3CC3)c2OC1(C)C. The largest absolute Gasteiger partial charge is 0.497 e. The van der Waals surface area contributed by atoms with Crippen LogP contribution in [0.15, 0.2) is 17.9 Å². The Morgan fingerprint density at radius 2 is 2.11 bits per heavy atom. The van der Waals surface area contributed by atoms with Gasteiger partial charge < -0.3 is 9.47 Å². The summed E-state index contributed by atoms with van der Waals surface area (Å²) in [6, 6.07) is 3.83. The summed E-state index contributed by atoms with van der Waals surface area (Å²) in [5, 5.41) is 0. The highest BCUT2D eigenvalue weighted by atomic mass is 16.5. The average Bonchev–Trinajstić information content (AvgIpc) is 3.20. The van der Waals surface area contributed by atoms with E-state index in [0.29, 0.717) is 11.5 Å². The standard InChI is InChI=1S/C16H18O3/c1-16(2)14(18-3)8-12-6-10(9-17)7-13(11-4-5-11)15(12)19-16/h6-9,11H,4-5H2,1-3H3. The predicted octanol–water partition coefficient (Wildman–Crippen LogP) is 3.53. The zero-order valence-corrected chi connectivity index (χ0v) is 11.5. The smallest absolute Gasteiger partial charge is 0.160 e. The van der Waals surface area contributed by atoms with Gasteiger partial charge >= 0.3 is 0 Å². The minimum Gasteiger partial charge on any atom is -0.497 e. The van der Waals surface area contributed by atoms with E-state index in [9.17, 15) is 4.79 Å². The van der Waals surface area contributed by atoms with E-state index in [4.69, 9.17) is 9.47 Å². The van der Waals surface area contributed by atoms with Crippen LogP contribution < -0.4 is 4.74 Å². The zero-order valence-electron chi connectivity index (χ0n) is 11.5. The molecule has 1 aliphatic carbocycles. The fourth-order valence-electron chi connectivity index (χ4n) is 2.61. The van der Waals surface area contributed by atoms with E-state index >= 15 is 0 Å². The second-order valence-electron chi connectivity index (χ2n) is 5.75. The molecule has 1 saturated carbocycles. The van der Waals surface area contributed by atoms with Crippen LogP contribution in [0.5, 0.6) is 5.75 Å². The number of hydrogen-bond acceptors (Lipinski definition) is 3. The Balaban J connectivity index is 2.18. The Morgan fingerprint density at radius 3 is 2.68 bits per heavy atom. The highest BCUT2D eigenvalue weighted by Crippen LogP contribution is 2.49. The van der Waals surface area contributed by atoms with Gasteiger partial charge in [0.1, 0.15) is 17.8 Å². The molecule has 3 nitrogen and oxygen atoms in total. The van der Waals surface area contributed by atoms with Crippen molar-refractivity contribution in [3.05, 3.63) is 34.6 Å². The molecule has 0 atom stereocenters. The van der Waals surface area contributed by atoms with Crippen molar-refractivity contribution < 1.29 is 14.3 Å². The molecule has 0 radical (unpaired) electrons. The molecule has 0 N–H and O–H groups in total. The summed E-state index contributed by atoms with van der Waals surface area (Å²) in [6.07, 6.45) is 5.24. The van der Waals surface area contributed by atoms with Gasteiger partial charge in [0.2, 0.25) is 0 Å². The first-order valence-electron chi connectivity index (χ1n) is 6.63. The van der Waals surface area contributed by atoms with Gasteiger partial charge in [-0.25, -0.2) is 0 Å². The zero-order chi connectivity index (χ0) is 13.6. The first kappa shape index (κ1) is 12.3. The van der Waals surface area contributed by atoms with Crippen LogP contribution in [0.4, 0.5) is 0 Å². The normalized spacial score (nSPS) is 20.1. The Morgan fingerprint density at radius 1 is 1.37 bits per heavy atom. The van der Waals surface area contributed by atoms with E-state index in [1.165, 1.54) is 18.4 Å². The molecular formula is C16H18O3. The topological polar surface area (TPSA) is 35.5 Å². The third-order valence-electron chi connectivity index (χ3n) is 3.78. The molecule has 1 aromatic rings. The third kappa shape index (κ3) is 2.03. The Labute approximate surface area is 113 Å². The van der Waals surface area contributed by atoms with Crippen LogP contribution in [0.2, 0.25) is 0 Å². The number of fused-ring (bicyclic) bond motifs is 1. The van der Waals surface area contributed by atoms with Gasteiger partial charge in [-0.15, -0.1) is 0 Å². The van der Waals surface area contributed by atoms with Gasteiger partial charge in [-0.2, -0.15) is 0 Å². The summed E-state index contributed by atoms with van der Waals surface area (Å²) in [4.78, 5) is 11.1. The molecule has 100 valence electrons. The van der Waals surface area contributed by atoms with E-state index in [2.05, 4.69) is 0 Å². The predicted molar refractivity (Wildman–Crippen MR) is 73.5 cm³/mol. The van der Waals surface area contributed by atoms with Crippen LogP contribution in [0.1, 0.15) is 54.1 Å². The lowest BCUT2D eigenvalue weighted by Crippen LogP contribution is -2.34. The van der Waals surface area contributed by atoms with Crippen molar-refractivity contribution in [1.82, 2.24) is 0 Å². The summed E-state index contributed by atoms with van der Waals surface area (Å²) in [7, 11) is 1.65.